The molecule has 0 aromatic heterocycles. The number of nitrogens with one attached hydrogen (secondary N) is 1. The molecule has 1 unspecified atom stereocenters. The van der Waals surface area contributed by atoms with Gasteiger partial charge in [-0.15, -0.1) is 0 Å². The van der Waals surface area contributed by atoms with Gasteiger partial charge in [-0.05, 0) is 37.2 Å². The third-order valence-corrected chi connectivity index (χ3v) is 5.60. The smallest absolute Gasteiger partial charge is 0.0713 e. The molecule has 0 radical (unpaired) electrons. The van der Waals surface area contributed by atoms with E-state index >= 15 is 0 Å². The van der Waals surface area contributed by atoms with Crippen LogP contribution in [0, 0.1) is 5.41 Å². The lowest BCUT2D eigenvalue weighted by atomic mass is 9.84. The monoisotopic (exact) mass is 271 g/mol. The molecule has 0 saturated carbocycles. The lowest BCUT2D eigenvalue weighted by Gasteiger charge is -2.45. The molecule has 0 amide bonds. The first kappa shape index (κ1) is 13.2. The van der Waals surface area contributed by atoms with Crippen molar-refractivity contribution in [2.45, 2.75) is 44.2 Å². The highest BCUT2D eigenvalue weighted by atomic mass is 32.2. The van der Waals surface area contributed by atoms with Crippen LogP contribution in [0.5, 0.6) is 0 Å². The molecular formula is C14H25NO2S. The van der Waals surface area contributed by atoms with Gasteiger partial charge in [-0.2, -0.15) is 11.8 Å². The summed E-state index contributed by atoms with van der Waals surface area (Å²) >= 11 is 2.08. The van der Waals surface area contributed by atoms with Crippen LogP contribution in [0.1, 0.15) is 32.6 Å². The minimum absolute atomic E-state index is 0.207. The summed E-state index contributed by atoms with van der Waals surface area (Å²) in [7, 11) is 0. The van der Waals surface area contributed by atoms with E-state index in [0.717, 1.165) is 26.4 Å². The zero-order valence-corrected chi connectivity index (χ0v) is 12.2. The molecule has 0 aliphatic carbocycles. The van der Waals surface area contributed by atoms with Crippen LogP contribution >= 0.6 is 11.8 Å². The molecule has 4 heteroatoms. The van der Waals surface area contributed by atoms with Crippen LogP contribution in [0.25, 0.3) is 0 Å². The van der Waals surface area contributed by atoms with Crippen LogP contribution in [0.15, 0.2) is 0 Å². The summed E-state index contributed by atoms with van der Waals surface area (Å²) < 4.78 is 11.5. The number of hydrogen-bond donors (Lipinski definition) is 1. The van der Waals surface area contributed by atoms with Crippen molar-refractivity contribution in [3.63, 3.8) is 0 Å². The fraction of sp³-hybridized carbons (Fsp3) is 1.00. The fourth-order valence-electron chi connectivity index (χ4n) is 3.24. The molecular weight excluding hydrogens is 246 g/mol. The molecule has 1 atom stereocenters. The quantitative estimate of drug-likeness (QED) is 0.851. The van der Waals surface area contributed by atoms with E-state index in [4.69, 9.17) is 9.47 Å². The van der Waals surface area contributed by atoms with Crippen molar-refractivity contribution >= 4 is 11.8 Å². The Morgan fingerprint density at radius 1 is 1.28 bits per heavy atom. The highest BCUT2D eigenvalue weighted by molar-refractivity contribution is 7.99. The molecule has 3 rings (SSSR count). The Morgan fingerprint density at radius 3 is 2.72 bits per heavy atom. The highest BCUT2D eigenvalue weighted by Gasteiger charge is 2.40. The van der Waals surface area contributed by atoms with E-state index in [2.05, 4.69) is 24.0 Å². The normalized spacial score (nSPS) is 34.2. The van der Waals surface area contributed by atoms with Gasteiger partial charge in [-0.3, -0.25) is 0 Å². The van der Waals surface area contributed by atoms with Gasteiger partial charge in [0, 0.05) is 24.6 Å². The summed E-state index contributed by atoms with van der Waals surface area (Å²) in [6.07, 6.45) is 4.88. The van der Waals surface area contributed by atoms with Crippen molar-refractivity contribution in [2.24, 2.45) is 5.41 Å². The molecule has 3 saturated heterocycles. The molecule has 0 aromatic carbocycles. The Hall–Kier alpha value is 0.230. The summed E-state index contributed by atoms with van der Waals surface area (Å²) in [5.74, 6) is 2.55. The Morgan fingerprint density at radius 2 is 2.06 bits per heavy atom. The molecule has 3 aliphatic rings. The maximum Gasteiger partial charge on any atom is 0.0713 e. The Bertz CT molecular complexity index is 282. The molecule has 0 bridgehead atoms. The minimum atomic E-state index is 0.207. The van der Waals surface area contributed by atoms with E-state index in [1.165, 1.54) is 37.2 Å². The third kappa shape index (κ3) is 2.87. The molecule has 104 valence electrons. The Balaban J connectivity index is 1.50. The van der Waals surface area contributed by atoms with Gasteiger partial charge < -0.3 is 14.8 Å². The average Bonchev–Trinajstić information content (AvgIpc) is 2.35. The van der Waals surface area contributed by atoms with E-state index in [9.17, 15) is 0 Å². The topological polar surface area (TPSA) is 30.5 Å². The molecule has 3 aliphatic heterocycles. The van der Waals surface area contributed by atoms with Crippen molar-refractivity contribution in [2.75, 3.05) is 37.9 Å². The van der Waals surface area contributed by atoms with Crippen LogP contribution in [-0.4, -0.2) is 49.5 Å². The van der Waals surface area contributed by atoms with Crippen molar-refractivity contribution in [3.05, 3.63) is 0 Å². The molecule has 18 heavy (non-hydrogen) atoms. The van der Waals surface area contributed by atoms with Crippen molar-refractivity contribution in [1.82, 2.24) is 5.32 Å². The lowest BCUT2D eigenvalue weighted by Crippen LogP contribution is -2.53. The van der Waals surface area contributed by atoms with Gasteiger partial charge in [-0.25, -0.2) is 0 Å². The van der Waals surface area contributed by atoms with Crippen molar-refractivity contribution < 1.29 is 9.47 Å². The number of ether oxygens (including phenoxy) is 2. The number of thioether (sulfide) groups is 1. The number of rotatable bonds is 3. The van der Waals surface area contributed by atoms with Gasteiger partial charge in [0.05, 0.1) is 18.8 Å². The van der Waals surface area contributed by atoms with E-state index in [-0.39, 0.29) is 5.60 Å². The zero-order valence-electron chi connectivity index (χ0n) is 11.4. The molecule has 3 heterocycles. The van der Waals surface area contributed by atoms with Gasteiger partial charge in [0.25, 0.3) is 0 Å². The highest BCUT2D eigenvalue weighted by Crippen LogP contribution is 2.37. The van der Waals surface area contributed by atoms with Crippen molar-refractivity contribution in [3.8, 4) is 0 Å². The van der Waals surface area contributed by atoms with Gasteiger partial charge in [0.2, 0.25) is 0 Å². The molecule has 1 N–H and O–H groups in total. The molecule has 3 nitrogen and oxygen atoms in total. The zero-order chi connectivity index (χ0) is 12.5. The molecule has 3 fully saturated rings. The van der Waals surface area contributed by atoms with Crippen LogP contribution < -0.4 is 5.32 Å². The third-order valence-electron chi connectivity index (χ3n) is 4.62. The predicted molar refractivity (Wildman–Crippen MR) is 75.2 cm³/mol. The Kier molecular flexibility index (Phi) is 3.90. The van der Waals surface area contributed by atoms with Gasteiger partial charge >= 0.3 is 0 Å². The second kappa shape index (κ2) is 5.31. The van der Waals surface area contributed by atoms with Crippen LogP contribution in [0.4, 0.5) is 0 Å². The summed E-state index contributed by atoms with van der Waals surface area (Å²) in [4.78, 5) is 0. The van der Waals surface area contributed by atoms with Crippen LogP contribution in [0.2, 0.25) is 0 Å². The first-order chi connectivity index (χ1) is 8.70. The SMILES string of the molecule is CC1(CNC2CCOC3(CCSCC3)C2)COC1. The first-order valence-electron chi connectivity index (χ1n) is 7.23. The minimum Gasteiger partial charge on any atom is -0.380 e. The maximum absolute atomic E-state index is 6.13. The molecule has 1 spiro atoms. The van der Waals surface area contributed by atoms with Crippen molar-refractivity contribution in [1.29, 1.82) is 0 Å². The second-order valence-corrected chi connectivity index (χ2v) is 7.74. The lowest BCUT2D eigenvalue weighted by molar-refractivity contribution is -0.112. The summed E-state index contributed by atoms with van der Waals surface area (Å²) in [6, 6.07) is 0.652. The van der Waals surface area contributed by atoms with E-state index in [0.29, 0.717) is 11.5 Å². The molecule has 0 aromatic rings. The van der Waals surface area contributed by atoms with Crippen LogP contribution in [-0.2, 0) is 9.47 Å². The summed E-state index contributed by atoms with van der Waals surface area (Å²) in [5.41, 5.74) is 0.589. The first-order valence-corrected chi connectivity index (χ1v) is 8.38. The fourth-order valence-corrected chi connectivity index (χ4v) is 4.47. The summed E-state index contributed by atoms with van der Waals surface area (Å²) in [6.45, 7) is 6.20. The van der Waals surface area contributed by atoms with E-state index in [1.54, 1.807) is 0 Å². The number of hydrogen-bond acceptors (Lipinski definition) is 4. The van der Waals surface area contributed by atoms with Gasteiger partial charge in [0.1, 0.15) is 0 Å². The maximum atomic E-state index is 6.13. The van der Waals surface area contributed by atoms with Gasteiger partial charge in [0.15, 0.2) is 0 Å². The van der Waals surface area contributed by atoms with Crippen LogP contribution in [0.3, 0.4) is 0 Å². The predicted octanol–water partition coefficient (Wildman–Crippen LogP) is 2.06. The van der Waals surface area contributed by atoms with E-state index in [1.807, 2.05) is 0 Å². The standard InChI is InChI=1S/C14H25NO2S/c1-13(10-16-11-13)9-15-12-2-5-17-14(8-12)3-6-18-7-4-14/h12,15H,2-11H2,1H3. The average molecular weight is 271 g/mol. The van der Waals surface area contributed by atoms with Gasteiger partial charge in [-0.1, -0.05) is 6.92 Å². The largest absolute Gasteiger partial charge is 0.380 e. The Labute approximate surface area is 114 Å². The van der Waals surface area contributed by atoms with E-state index < -0.39 is 0 Å². The second-order valence-electron chi connectivity index (χ2n) is 6.52. The summed E-state index contributed by atoms with van der Waals surface area (Å²) in [5, 5.41) is 3.77.